The summed E-state index contributed by atoms with van der Waals surface area (Å²) in [7, 11) is 0. The van der Waals surface area contributed by atoms with Crippen LogP contribution in [0.1, 0.15) is 39.0 Å². The van der Waals surface area contributed by atoms with Gasteiger partial charge in [0.2, 0.25) is 5.91 Å². The highest BCUT2D eigenvalue weighted by Gasteiger charge is 2.42. The minimum atomic E-state index is -0.155. The minimum absolute atomic E-state index is 0. The lowest BCUT2D eigenvalue weighted by atomic mass is 9.79. The number of carbonyl (C=O) groups is 1. The number of nitrogens with one attached hydrogen (secondary N) is 2. The zero-order valence-electron chi connectivity index (χ0n) is 15.8. The van der Waals surface area contributed by atoms with Crippen molar-refractivity contribution in [3.05, 3.63) is 0 Å². The van der Waals surface area contributed by atoms with Gasteiger partial charge in [0.15, 0.2) is 5.96 Å². The Kier molecular flexibility index (Phi) is 7.96. The number of carbonyl (C=O) groups excluding carboxylic acids is 1. The van der Waals surface area contributed by atoms with E-state index in [9.17, 15) is 9.90 Å². The highest BCUT2D eigenvalue weighted by atomic mass is 127. The Morgan fingerprint density at radius 2 is 2.15 bits per heavy atom. The van der Waals surface area contributed by atoms with Crippen LogP contribution >= 0.6 is 24.0 Å². The number of amides is 1. The molecule has 0 saturated carbocycles. The predicted molar refractivity (Wildman–Crippen MR) is 112 cm³/mol. The van der Waals surface area contributed by atoms with Crippen molar-refractivity contribution in [3.63, 3.8) is 0 Å². The van der Waals surface area contributed by atoms with Crippen molar-refractivity contribution in [1.82, 2.24) is 15.5 Å². The van der Waals surface area contributed by atoms with Crippen LogP contribution in [0.15, 0.2) is 4.99 Å². The van der Waals surface area contributed by atoms with Crippen molar-refractivity contribution in [2.24, 2.45) is 15.8 Å². The molecule has 8 heteroatoms. The number of guanidine groups is 1. The van der Waals surface area contributed by atoms with Crippen LogP contribution in [0.25, 0.3) is 0 Å². The molecule has 1 amide bonds. The average molecular weight is 480 g/mol. The quantitative estimate of drug-likeness (QED) is 0.317. The smallest absolute Gasteiger partial charge is 0.220 e. The fourth-order valence-corrected chi connectivity index (χ4v) is 4.27. The molecule has 3 aliphatic heterocycles. The van der Waals surface area contributed by atoms with Crippen LogP contribution in [0.5, 0.6) is 0 Å². The molecule has 3 rings (SSSR count). The average Bonchev–Trinajstić information content (AvgIpc) is 2.99. The Morgan fingerprint density at radius 3 is 2.77 bits per heavy atom. The number of aliphatic hydroxyl groups excluding tert-OH is 1. The SMILES string of the molecule is CCNC(=NCC1(CO)CCOCC1)N1CCCC2(CNC(=O)C2)C1.I. The first kappa shape index (κ1) is 21.7. The number of piperidine rings is 1. The topological polar surface area (TPSA) is 86.2 Å². The summed E-state index contributed by atoms with van der Waals surface area (Å²) in [6, 6.07) is 0. The molecule has 1 spiro atoms. The van der Waals surface area contributed by atoms with E-state index in [4.69, 9.17) is 9.73 Å². The molecule has 0 aromatic rings. The third-order valence-electron chi connectivity index (χ3n) is 5.95. The van der Waals surface area contributed by atoms with Gasteiger partial charge in [-0.1, -0.05) is 0 Å². The second-order valence-corrected chi connectivity index (χ2v) is 7.92. The maximum absolute atomic E-state index is 11.7. The van der Waals surface area contributed by atoms with E-state index in [0.717, 1.165) is 57.8 Å². The van der Waals surface area contributed by atoms with E-state index in [2.05, 4.69) is 22.5 Å². The summed E-state index contributed by atoms with van der Waals surface area (Å²) < 4.78 is 5.45. The lowest BCUT2D eigenvalue weighted by Gasteiger charge is -2.41. The first-order valence-electron chi connectivity index (χ1n) is 9.59. The van der Waals surface area contributed by atoms with Crippen LogP contribution in [0, 0.1) is 10.8 Å². The number of hydrogen-bond donors (Lipinski definition) is 3. The summed E-state index contributed by atoms with van der Waals surface area (Å²) >= 11 is 0. The molecule has 3 N–H and O–H groups in total. The zero-order chi connectivity index (χ0) is 17.8. The van der Waals surface area contributed by atoms with Crippen molar-refractivity contribution >= 4 is 35.8 Å². The molecule has 0 aliphatic carbocycles. The van der Waals surface area contributed by atoms with Crippen LogP contribution < -0.4 is 10.6 Å². The summed E-state index contributed by atoms with van der Waals surface area (Å²) in [5, 5.41) is 16.3. The number of halogens is 1. The fourth-order valence-electron chi connectivity index (χ4n) is 4.27. The summed E-state index contributed by atoms with van der Waals surface area (Å²) in [5.41, 5.74) is -0.101. The summed E-state index contributed by atoms with van der Waals surface area (Å²) in [6.07, 6.45) is 4.52. The summed E-state index contributed by atoms with van der Waals surface area (Å²) in [6.45, 7) is 7.68. The number of ether oxygens (including phenoxy) is 1. The molecular weight excluding hydrogens is 447 g/mol. The van der Waals surface area contributed by atoms with Crippen LogP contribution in [-0.2, 0) is 9.53 Å². The Labute approximate surface area is 173 Å². The second kappa shape index (κ2) is 9.54. The van der Waals surface area contributed by atoms with Crippen molar-refractivity contribution in [1.29, 1.82) is 0 Å². The zero-order valence-corrected chi connectivity index (χ0v) is 18.1. The van der Waals surface area contributed by atoms with E-state index in [0.29, 0.717) is 26.2 Å². The number of nitrogens with zero attached hydrogens (tertiary/aromatic N) is 2. The first-order valence-corrected chi connectivity index (χ1v) is 9.59. The Balaban J connectivity index is 0.00000243. The van der Waals surface area contributed by atoms with Crippen LogP contribution in [0.2, 0.25) is 0 Å². The van der Waals surface area contributed by atoms with E-state index in [1.165, 1.54) is 0 Å². The second-order valence-electron chi connectivity index (χ2n) is 7.92. The van der Waals surface area contributed by atoms with Crippen LogP contribution in [0.4, 0.5) is 0 Å². The maximum atomic E-state index is 11.7. The molecule has 26 heavy (non-hydrogen) atoms. The molecule has 150 valence electrons. The first-order chi connectivity index (χ1) is 12.1. The lowest BCUT2D eigenvalue weighted by Crippen LogP contribution is -2.51. The number of aliphatic imine (C=N–C) groups is 1. The standard InChI is InChI=1S/C18H32N4O3.HI/c1-2-19-16(21-11-17(14-23)5-8-25-9-6-17)22-7-3-4-18(13-22)10-15(24)20-12-18;/h23H,2-14H2,1H3,(H,19,21)(H,20,24);1H. The van der Waals surface area contributed by atoms with Crippen molar-refractivity contribution in [3.8, 4) is 0 Å². The van der Waals surface area contributed by atoms with Gasteiger partial charge in [0.1, 0.15) is 0 Å². The van der Waals surface area contributed by atoms with Crippen LogP contribution in [0.3, 0.4) is 0 Å². The molecule has 3 aliphatic rings. The number of hydrogen-bond acceptors (Lipinski definition) is 4. The van der Waals surface area contributed by atoms with Gasteiger partial charge in [0.05, 0.1) is 13.2 Å². The maximum Gasteiger partial charge on any atom is 0.220 e. The van der Waals surface area contributed by atoms with E-state index in [-0.39, 0.29) is 47.3 Å². The number of aliphatic hydroxyl groups is 1. The van der Waals surface area contributed by atoms with Crippen molar-refractivity contribution in [2.75, 3.05) is 52.5 Å². The third kappa shape index (κ3) is 5.01. The number of rotatable bonds is 4. The van der Waals surface area contributed by atoms with Gasteiger partial charge < -0.3 is 25.4 Å². The molecule has 7 nitrogen and oxygen atoms in total. The molecule has 0 aromatic heterocycles. The molecular formula is C18H33IN4O3. The van der Waals surface area contributed by atoms with Gasteiger partial charge in [0.25, 0.3) is 0 Å². The summed E-state index contributed by atoms with van der Waals surface area (Å²) in [5.74, 6) is 1.09. The molecule has 0 bridgehead atoms. The third-order valence-corrected chi connectivity index (χ3v) is 5.95. The molecule has 3 saturated heterocycles. The lowest BCUT2D eigenvalue weighted by molar-refractivity contribution is -0.119. The molecule has 1 atom stereocenters. The van der Waals surface area contributed by atoms with Gasteiger partial charge in [0, 0.05) is 56.6 Å². The van der Waals surface area contributed by atoms with Crippen molar-refractivity contribution < 1.29 is 14.6 Å². The van der Waals surface area contributed by atoms with Gasteiger partial charge >= 0.3 is 0 Å². The van der Waals surface area contributed by atoms with Gasteiger partial charge in [-0.15, -0.1) is 24.0 Å². The van der Waals surface area contributed by atoms with E-state index in [1.54, 1.807) is 0 Å². The van der Waals surface area contributed by atoms with Gasteiger partial charge in [-0.25, -0.2) is 0 Å². The minimum Gasteiger partial charge on any atom is -0.396 e. The van der Waals surface area contributed by atoms with Crippen molar-refractivity contribution in [2.45, 2.75) is 39.0 Å². The van der Waals surface area contributed by atoms with E-state index < -0.39 is 0 Å². The monoisotopic (exact) mass is 480 g/mol. The normalized spacial score (nSPS) is 28.6. The molecule has 0 radical (unpaired) electrons. The number of likely N-dealkylation sites (tertiary alicyclic amines) is 1. The highest BCUT2D eigenvalue weighted by molar-refractivity contribution is 14.0. The summed E-state index contributed by atoms with van der Waals surface area (Å²) in [4.78, 5) is 18.9. The molecule has 3 fully saturated rings. The Bertz CT molecular complexity index is 511. The Hall–Kier alpha value is -0.610. The Morgan fingerprint density at radius 1 is 1.38 bits per heavy atom. The highest BCUT2D eigenvalue weighted by Crippen LogP contribution is 2.36. The molecule has 3 heterocycles. The largest absolute Gasteiger partial charge is 0.396 e. The molecule has 0 aromatic carbocycles. The molecule has 1 unspecified atom stereocenters. The van der Waals surface area contributed by atoms with Gasteiger partial charge in [-0.05, 0) is 32.6 Å². The fraction of sp³-hybridized carbons (Fsp3) is 0.889. The van der Waals surface area contributed by atoms with E-state index >= 15 is 0 Å². The van der Waals surface area contributed by atoms with Gasteiger partial charge in [-0.2, -0.15) is 0 Å². The van der Waals surface area contributed by atoms with E-state index in [1.807, 2.05) is 0 Å². The predicted octanol–water partition coefficient (Wildman–Crippen LogP) is 0.961. The van der Waals surface area contributed by atoms with Crippen LogP contribution in [-0.4, -0.2) is 74.4 Å². The van der Waals surface area contributed by atoms with Gasteiger partial charge in [-0.3, -0.25) is 9.79 Å².